The van der Waals surface area contributed by atoms with Crippen LogP contribution in [0.2, 0.25) is 0 Å². The number of nitrogens with two attached hydrogens (primary N) is 1. The molecule has 0 aromatic carbocycles. The summed E-state index contributed by atoms with van der Waals surface area (Å²) in [7, 11) is 1.77. The van der Waals surface area contributed by atoms with Crippen molar-refractivity contribution in [3.63, 3.8) is 0 Å². The summed E-state index contributed by atoms with van der Waals surface area (Å²) in [6.45, 7) is 13.3. The van der Waals surface area contributed by atoms with E-state index >= 15 is 0 Å². The maximum atomic E-state index is 6.21. The average Bonchev–Trinajstić information content (AvgIpc) is 2.43. The van der Waals surface area contributed by atoms with Crippen LogP contribution in [0.5, 0.6) is 0 Å². The predicted molar refractivity (Wildman–Crippen MR) is 83.9 cm³/mol. The second-order valence-corrected chi connectivity index (χ2v) is 6.87. The molecule has 2 N–H and O–H groups in total. The molecule has 4 nitrogen and oxygen atoms in total. The molecule has 0 spiro atoms. The van der Waals surface area contributed by atoms with Gasteiger partial charge in [0.2, 0.25) is 0 Å². The summed E-state index contributed by atoms with van der Waals surface area (Å²) in [5, 5.41) is 0. The summed E-state index contributed by atoms with van der Waals surface area (Å²) in [5.41, 5.74) is 6.29. The molecule has 2 unspecified atom stereocenters. The lowest BCUT2D eigenvalue weighted by molar-refractivity contribution is -0.0931. The number of rotatable bonds is 8. The maximum absolute atomic E-state index is 6.21. The summed E-state index contributed by atoms with van der Waals surface area (Å²) >= 11 is 0. The van der Waals surface area contributed by atoms with Gasteiger partial charge >= 0.3 is 0 Å². The molecule has 0 bridgehead atoms. The van der Waals surface area contributed by atoms with Crippen molar-refractivity contribution in [3.8, 4) is 0 Å². The molecule has 0 aliphatic carbocycles. The molecule has 0 aromatic heterocycles. The molecule has 4 heteroatoms. The van der Waals surface area contributed by atoms with Gasteiger partial charge in [0, 0.05) is 38.9 Å². The van der Waals surface area contributed by atoms with Crippen LogP contribution in [0.25, 0.3) is 0 Å². The zero-order valence-corrected chi connectivity index (χ0v) is 14.0. The van der Waals surface area contributed by atoms with Crippen LogP contribution in [0.3, 0.4) is 0 Å². The molecule has 1 fully saturated rings. The minimum absolute atomic E-state index is 0.0794. The second kappa shape index (κ2) is 8.32. The standard InChI is InChI=1S/C16H34N2O2/c1-13(2)11-18(7-9-19-5)16(12-17)6-8-20-15(10-16)14(3)4/h13-15H,6-12,17H2,1-5H3. The Balaban J connectivity index is 2.84. The van der Waals surface area contributed by atoms with Crippen molar-refractivity contribution in [3.05, 3.63) is 0 Å². The third-order valence-electron chi connectivity index (χ3n) is 4.43. The van der Waals surface area contributed by atoms with E-state index in [9.17, 15) is 0 Å². The molecule has 2 atom stereocenters. The summed E-state index contributed by atoms with van der Waals surface area (Å²) in [4.78, 5) is 2.55. The summed E-state index contributed by atoms with van der Waals surface area (Å²) in [6, 6.07) is 0. The molecule has 1 rings (SSSR count). The van der Waals surface area contributed by atoms with Crippen molar-refractivity contribution >= 4 is 0 Å². The summed E-state index contributed by atoms with van der Waals surface area (Å²) in [5.74, 6) is 1.18. The third kappa shape index (κ3) is 4.69. The van der Waals surface area contributed by atoms with Crippen LogP contribution in [0.15, 0.2) is 0 Å². The maximum Gasteiger partial charge on any atom is 0.0616 e. The van der Waals surface area contributed by atoms with Gasteiger partial charge in [-0.25, -0.2) is 0 Å². The van der Waals surface area contributed by atoms with Crippen LogP contribution in [-0.4, -0.2) is 56.5 Å². The van der Waals surface area contributed by atoms with E-state index in [2.05, 4.69) is 32.6 Å². The van der Waals surface area contributed by atoms with Crippen molar-refractivity contribution in [2.24, 2.45) is 17.6 Å². The van der Waals surface area contributed by atoms with Gasteiger partial charge in [0.15, 0.2) is 0 Å². The zero-order valence-electron chi connectivity index (χ0n) is 14.0. The van der Waals surface area contributed by atoms with Gasteiger partial charge in [-0.1, -0.05) is 27.7 Å². The lowest BCUT2D eigenvalue weighted by Crippen LogP contribution is -2.60. The van der Waals surface area contributed by atoms with Crippen LogP contribution < -0.4 is 5.73 Å². The van der Waals surface area contributed by atoms with E-state index in [-0.39, 0.29) is 5.54 Å². The first-order valence-electron chi connectivity index (χ1n) is 8.01. The fourth-order valence-electron chi connectivity index (χ4n) is 3.13. The Morgan fingerprint density at radius 3 is 2.55 bits per heavy atom. The van der Waals surface area contributed by atoms with E-state index in [1.807, 2.05) is 0 Å². The molecule has 120 valence electrons. The van der Waals surface area contributed by atoms with E-state index in [0.29, 0.717) is 24.5 Å². The van der Waals surface area contributed by atoms with E-state index in [1.54, 1.807) is 7.11 Å². The smallest absolute Gasteiger partial charge is 0.0616 e. The average molecular weight is 286 g/mol. The third-order valence-corrected chi connectivity index (χ3v) is 4.43. The minimum Gasteiger partial charge on any atom is -0.383 e. The molecule has 0 aromatic rings. The Kier molecular flexibility index (Phi) is 7.45. The Hall–Kier alpha value is -0.160. The Morgan fingerprint density at radius 2 is 2.05 bits per heavy atom. The molecule has 1 aliphatic rings. The van der Waals surface area contributed by atoms with Gasteiger partial charge in [-0.3, -0.25) is 4.90 Å². The molecular weight excluding hydrogens is 252 g/mol. The molecule has 0 radical (unpaired) electrons. The van der Waals surface area contributed by atoms with Crippen molar-refractivity contribution in [1.29, 1.82) is 0 Å². The number of hydrogen-bond donors (Lipinski definition) is 1. The fraction of sp³-hybridized carbons (Fsp3) is 1.00. The van der Waals surface area contributed by atoms with Crippen molar-refractivity contribution in [1.82, 2.24) is 4.90 Å². The van der Waals surface area contributed by atoms with Crippen LogP contribution in [0.1, 0.15) is 40.5 Å². The minimum atomic E-state index is 0.0794. The fourth-order valence-corrected chi connectivity index (χ4v) is 3.13. The monoisotopic (exact) mass is 286 g/mol. The number of ether oxygens (including phenoxy) is 2. The number of methoxy groups -OCH3 is 1. The SMILES string of the molecule is COCCN(CC(C)C)C1(CN)CCOC(C(C)C)C1. The van der Waals surface area contributed by atoms with Gasteiger partial charge in [0.25, 0.3) is 0 Å². The molecular formula is C16H34N2O2. The Bertz CT molecular complexity index is 271. The van der Waals surface area contributed by atoms with Crippen LogP contribution in [-0.2, 0) is 9.47 Å². The Morgan fingerprint density at radius 1 is 1.35 bits per heavy atom. The van der Waals surface area contributed by atoms with Gasteiger partial charge in [0.05, 0.1) is 12.7 Å². The van der Waals surface area contributed by atoms with Crippen molar-refractivity contribution < 1.29 is 9.47 Å². The quantitative estimate of drug-likeness (QED) is 0.742. The number of nitrogens with zero attached hydrogens (tertiary/aromatic N) is 1. The summed E-state index contributed by atoms with van der Waals surface area (Å²) in [6.07, 6.45) is 2.39. The van der Waals surface area contributed by atoms with Gasteiger partial charge in [0.1, 0.15) is 0 Å². The van der Waals surface area contributed by atoms with Gasteiger partial charge < -0.3 is 15.2 Å². The molecule has 1 heterocycles. The number of hydrogen-bond acceptors (Lipinski definition) is 4. The normalized spacial score (nSPS) is 27.8. The van der Waals surface area contributed by atoms with E-state index in [4.69, 9.17) is 15.2 Å². The first kappa shape index (κ1) is 17.9. The van der Waals surface area contributed by atoms with Crippen LogP contribution in [0.4, 0.5) is 0 Å². The lowest BCUT2D eigenvalue weighted by Gasteiger charge is -2.49. The van der Waals surface area contributed by atoms with Gasteiger partial charge in [-0.15, -0.1) is 0 Å². The van der Waals surface area contributed by atoms with E-state index in [1.165, 1.54) is 0 Å². The van der Waals surface area contributed by atoms with Crippen molar-refractivity contribution in [2.45, 2.75) is 52.2 Å². The highest BCUT2D eigenvalue weighted by Crippen LogP contribution is 2.33. The summed E-state index contributed by atoms with van der Waals surface area (Å²) < 4.78 is 11.2. The first-order valence-corrected chi connectivity index (χ1v) is 8.01. The first-order chi connectivity index (χ1) is 9.45. The molecule has 0 saturated carbocycles. The lowest BCUT2D eigenvalue weighted by atomic mass is 9.81. The highest BCUT2D eigenvalue weighted by atomic mass is 16.5. The van der Waals surface area contributed by atoms with E-state index in [0.717, 1.165) is 39.1 Å². The van der Waals surface area contributed by atoms with Crippen LogP contribution in [0, 0.1) is 11.8 Å². The van der Waals surface area contributed by atoms with Gasteiger partial charge in [-0.2, -0.15) is 0 Å². The second-order valence-electron chi connectivity index (χ2n) is 6.87. The predicted octanol–water partition coefficient (Wildman–Crippen LogP) is 2.12. The highest BCUT2D eigenvalue weighted by Gasteiger charge is 2.41. The molecule has 1 aliphatic heterocycles. The topological polar surface area (TPSA) is 47.7 Å². The molecule has 0 amide bonds. The van der Waals surface area contributed by atoms with Crippen LogP contribution >= 0.6 is 0 Å². The highest BCUT2D eigenvalue weighted by molar-refractivity contribution is 4.97. The zero-order chi connectivity index (χ0) is 15.2. The van der Waals surface area contributed by atoms with E-state index < -0.39 is 0 Å². The van der Waals surface area contributed by atoms with Crippen molar-refractivity contribution in [2.75, 3.05) is 40.0 Å². The molecule has 20 heavy (non-hydrogen) atoms. The largest absolute Gasteiger partial charge is 0.383 e. The van der Waals surface area contributed by atoms with Gasteiger partial charge in [-0.05, 0) is 24.7 Å². The molecule has 1 saturated heterocycles. The Labute approximate surface area is 125 Å².